The van der Waals surface area contributed by atoms with Crippen LogP contribution in [0.4, 0.5) is 5.69 Å². The van der Waals surface area contributed by atoms with Crippen molar-refractivity contribution in [3.8, 4) is 11.5 Å². The fourth-order valence-corrected chi connectivity index (χ4v) is 2.62. The molecule has 0 heterocycles. The van der Waals surface area contributed by atoms with Crippen LogP contribution in [-0.2, 0) is 0 Å². The Morgan fingerprint density at radius 2 is 1.71 bits per heavy atom. The number of carbonyl (C=O) groups is 1. The third kappa shape index (κ3) is 4.07. The summed E-state index contributed by atoms with van der Waals surface area (Å²) in [6, 6.07) is 11.2. The number of rotatable bonds is 7. The molecule has 4 nitrogen and oxygen atoms in total. The molecule has 0 amide bonds. The maximum Gasteiger partial charge on any atom is 0.207 e. The third-order valence-electron chi connectivity index (χ3n) is 3.90. The van der Waals surface area contributed by atoms with E-state index in [1.165, 1.54) is 0 Å². The van der Waals surface area contributed by atoms with Gasteiger partial charge in [-0.3, -0.25) is 4.79 Å². The average molecular weight is 327 g/mol. The van der Waals surface area contributed by atoms with Gasteiger partial charge >= 0.3 is 0 Å². The van der Waals surface area contributed by atoms with Gasteiger partial charge in [0.05, 0.1) is 18.4 Å². The van der Waals surface area contributed by atoms with Crippen molar-refractivity contribution in [1.29, 1.82) is 0 Å². The van der Waals surface area contributed by atoms with E-state index in [1.807, 2.05) is 57.2 Å². The Bertz CT molecular complexity index is 725. The van der Waals surface area contributed by atoms with Crippen molar-refractivity contribution < 1.29 is 14.3 Å². The largest absolute Gasteiger partial charge is 0.496 e. The molecular weight excluding hydrogens is 302 g/mol. The van der Waals surface area contributed by atoms with Crippen molar-refractivity contribution in [3.63, 3.8) is 0 Å². The van der Waals surface area contributed by atoms with E-state index in [9.17, 15) is 4.79 Å². The molecule has 4 heteroatoms. The van der Waals surface area contributed by atoms with E-state index in [-0.39, 0.29) is 5.78 Å². The molecule has 0 aliphatic carbocycles. The Labute approximate surface area is 143 Å². The van der Waals surface area contributed by atoms with E-state index in [0.29, 0.717) is 29.2 Å². The van der Waals surface area contributed by atoms with Crippen LogP contribution >= 0.6 is 0 Å². The number of benzene rings is 2. The van der Waals surface area contributed by atoms with Crippen LogP contribution in [-0.4, -0.2) is 19.0 Å². The number of ether oxygens (including phenoxy) is 2. The van der Waals surface area contributed by atoms with Gasteiger partial charge in [-0.15, -0.1) is 0 Å². The quantitative estimate of drug-likeness (QED) is 0.607. The van der Waals surface area contributed by atoms with Crippen molar-refractivity contribution in [2.24, 2.45) is 0 Å². The summed E-state index contributed by atoms with van der Waals surface area (Å²) in [5.41, 5.74) is 9.17. The lowest BCUT2D eigenvalue weighted by atomic mass is 10.00. The van der Waals surface area contributed by atoms with Gasteiger partial charge in [0.25, 0.3) is 0 Å². The molecule has 0 saturated heterocycles. The van der Waals surface area contributed by atoms with Crippen molar-refractivity contribution in [2.45, 2.75) is 39.7 Å². The van der Waals surface area contributed by atoms with Crippen molar-refractivity contribution >= 4 is 11.5 Å². The van der Waals surface area contributed by atoms with Crippen molar-refractivity contribution in [3.05, 3.63) is 53.1 Å². The lowest BCUT2D eigenvalue weighted by molar-refractivity contribution is 0.0775. The van der Waals surface area contributed by atoms with E-state index in [2.05, 4.69) is 0 Å². The highest BCUT2D eigenvalue weighted by Gasteiger charge is 2.25. The molecule has 2 aromatic carbocycles. The van der Waals surface area contributed by atoms with E-state index in [0.717, 1.165) is 17.5 Å². The summed E-state index contributed by atoms with van der Waals surface area (Å²) < 4.78 is 11.3. The van der Waals surface area contributed by atoms with E-state index < -0.39 is 6.10 Å². The number of anilines is 1. The highest BCUT2D eigenvalue weighted by Crippen LogP contribution is 2.28. The highest BCUT2D eigenvalue weighted by molar-refractivity contribution is 6.02. The summed E-state index contributed by atoms with van der Waals surface area (Å²) in [6.45, 7) is 5.94. The number of Topliss-reactive ketones (excluding diaryl/α,β-unsaturated/α-hetero) is 1. The SMILES string of the molecule is CCCC(Oc1ccc(C)cc1N)C(=O)c1cc(C)ccc1OC. The topological polar surface area (TPSA) is 61.5 Å². The summed E-state index contributed by atoms with van der Waals surface area (Å²) in [6.07, 6.45) is 0.857. The molecule has 2 rings (SSSR count). The maximum absolute atomic E-state index is 13.0. The van der Waals surface area contributed by atoms with Gasteiger partial charge < -0.3 is 15.2 Å². The van der Waals surface area contributed by atoms with Gasteiger partial charge in [-0.1, -0.05) is 31.0 Å². The zero-order chi connectivity index (χ0) is 17.7. The molecular formula is C20H25NO3. The molecule has 0 spiro atoms. The summed E-state index contributed by atoms with van der Waals surface area (Å²) in [5.74, 6) is 1.02. The Morgan fingerprint density at radius 3 is 2.29 bits per heavy atom. The molecule has 0 radical (unpaired) electrons. The molecule has 2 aromatic rings. The van der Waals surface area contributed by atoms with Gasteiger partial charge in [-0.2, -0.15) is 0 Å². The zero-order valence-electron chi connectivity index (χ0n) is 14.8. The minimum atomic E-state index is -0.587. The Balaban J connectivity index is 2.33. The minimum absolute atomic E-state index is 0.0858. The second kappa shape index (κ2) is 7.86. The van der Waals surface area contributed by atoms with Crippen molar-refractivity contribution in [2.75, 3.05) is 12.8 Å². The molecule has 0 fully saturated rings. The van der Waals surface area contributed by atoms with Crippen LogP contribution in [0.25, 0.3) is 0 Å². The van der Waals surface area contributed by atoms with Crippen LogP contribution in [0.5, 0.6) is 11.5 Å². The number of nitrogens with two attached hydrogens (primary N) is 1. The zero-order valence-corrected chi connectivity index (χ0v) is 14.8. The van der Waals surface area contributed by atoms with E-state index >= 15 is 0 Å². The molecule has 0 aliphatic heterocycles. The summed E-state index contributed by atoms with van der Waals surface area (Å²) in [4.78, 5) is 13.0. The van der Waals surface area contributed by atoms with Gasteiger partial charge in [0.15, 0.2) is 6.10 Å². The molecule has 1 atom stereocenters. The average Bonchev–Trinajstić information content (AvgIpc) is 2.56. The summed E-state index contributed by atoms with van der Waals surface area (Å²) in [7, 11) is 1.56. The van der Waals surface area contributed by atoms with E-state index in [1.54, 1.807) is 7.11 Å². The van der Waals surface area contributed by atoms with Gasteiger partial charge in [-0.25, -0.2) is 0 Å². The molecule has 0 aromatic heterocycles. The first kappa shape index (κ1) is 17.9. The second-order valence-corrected chi connectivity index (χ2v) is 6.00. The molecule has 0 bridgehead atoms. The summed E-state index contributed by atoms with van der Waals surface area (Å²) >= 11 is 0. The molecule has 0 saturated carbocycles. The minimum Gasteiger partial charge on any atom is -0.496 e. The lowest BCUT2D eigenvalue weighted by Gasteiger charge is -2.20. The number of carbonyl (C=O) groups excluding carboxylic acids is 1. The van der Waals surface area contributed by atoms with E-state index in [4.69, 9.17) is 15.2 Å². The first-order valence-electron chi connectivity index (χ1n) is 8.18. The Kier molecular flexibility index (Phi) is 5.85. The van der Waals surface area contributed by atoms with Gasteiger partial charge in [0, 0.05) is 0 Å². The van der Waals surface area contributed by atoms with Crippen LogP contribution in [0.3, 0.4) is 0 Å². The maximum atomic E-state index is 13.0. The van der Waals surface area contributed by atoms with Crippen LogP contribution < -0.4 is 15.2 Å². The number of hydrogen-bond donors (Lipinski definition) is 1. The van der Waals surface area contributed by atoms with Gasteiger partial charge in [0.2, 0.25) is 5.78 Å². The van der Waals surface area contributed by atoms with Gasteiger partial charge in [0.1, 0.15) is 11.5 Å². The van der Waals surface area contributed by atoms with Crippen LogP contribution in [0.2, 0.25) is 0 Å². The highest BCUT2D eigenvalue weighted by atomic mass is 16.5. The van der Waals surface area contributed by atoms with Crippen LogP contribution in [0.1, 0.15) is 41.3 Å². The first-order chi connectivity index (χ1) is 11.5. The number of methoxy groups -OCH3 is 1. The summed E-state index contributed by atoms with van der Waals surface area (Å²) in [5, 5.41) is 0. The molecule has 24 heavy (non-hydrogen) atoms. The monoisotopic (exact) mass is 327 g/mol. The van der Waals surface area contributed by atoms with Crippen LogP contribution in [0.15, 0.2) is 36.4 Å². The smallest absolute Gasteiger partial charge is 0.207 e. The molecule has 1 unspecified atom stereocenters. The number of hydrogen-bond acceptors (Lipinski definition) is 4. The number of ketones is 1. The van der Waals surface area contributed by atoms with Crippen LogP contribution in [0, 0.1) is 13.8 Å². The predicted octanol–water partition coefficient (Wildman–Crippen LogP) is 4.32. The molecule has 0 aliphatic rings. The standard InChI is InChI=1S/C20H25NO3/c1-5-6-19(24-18-10-8-14(3)12-16(18)21)20(22)15-11-13(2)7-9-17(15)23-4/h7-12,19H,5-6,21H2,1-4H3. The lowest BCUT2D eigenvalue weighted by Crippen LogP contribution is -2.28. The molecule has 2 N–H and O–H groups in total. The Morgan fingerprint density at radius 1 is 1.08 bits per heavy atom. The normalized spacial score (nSPS) is 11.8. The van der Waals surface area contributed by atoms with Gasteiger partial charge in [-0.05, 0) is 50.1 Å². The Hall–Kier alpha value is -2.49. The number of aryl methyl sites for hydroxylation is 2. The number of nitrogen functional groups attached to an aromatic ring is 1. The predicted molar refractivity (Wildman–Crippen MR) is 97.0 cm³/mol. The fourth-order valence-electron chi connectivity index (χ4n) is 2.62. The second-order valence-electron chi connectivity index (χ2n) is 6.00. The first-order valence-corrected chi connectivity index (χ1v) is 8.18. The third-order valence-corrected chi connectivity index (χ3v) is 3.90. The molecule has 128 valence electrons. The van der Waals surface area contributed by atoms with Crippen molar-refractivity contribution in [1.82, 2.24) is 0 Å². The fraction of sp³-hybridized carbons (Fsp3) is 0.350.